The van der Waals surface area contributed by atoms with Gasteiger partial charge < -0.3 is 10.2 Å². The molecule has 1 amide bonds. The zero-order valence-electron chi connectivity index (χ0n) is 12.5. The van der Waals surface area contributed by atoms with Crippen molar-refractivity contribution in [1.29, 1.82) is 0 Å². The monoisotopic (exact) mass is 315 g/mol. The molecule has 0 radical (unpaired) electrons. The second-order valence-corrected chi connectivity index (χ2v) is 5.99. The second kappa shape index (κ2) is 6.15. The summed E-state index contributed by atoms with van der Waals surface area (Å²) in [6.07, 6.45) is 2.45. The standard InChI is InChI=1S/C15H17N5OS/c1-19(2)12-5-3-11(4-6-12)14(21)16-8-7-13-9-22-15-18-17-10-20(13)15/h3-6,9-10H,7-8H2,1-2H3,(H,16,21). The zero-order chi connectivity index (χ0) is 15.5. The molecule has 0 aliphatic heterocycles. The van der Waals surface area contributed by atoms with Gasteiger partial charge in [0, 0.05) is 49.4 Å². The van der Waals surface area contributed by atoms with E-state index in [4.69, 9.17) is 0 Å². The Labute approximate surface area is 132 Å². The van der Waals surface area contributed by atoms with Crippen LogP contribution in [0.1, 0.15) is 16.1 Å². The Morgan fingerprint density at radius 3 is 2.82 bits per heavy atom. The first kappa shape index (κ1) is 14.5. The van der Waals surface area contributed by atoms with E-state index in [9.17, 15) is 4.79 Å². The highest BCUT2D eigenvalue weighted by molar-refractivity contribution is 7.15. The van der Waals surface area contributed by atoms with E-state index < -0.39 is 0 Å². The van der Waals surface area contributed by atoms with Crippen LogP contribution >= 0.6 is 11.3 Å². The summed E-state index contributed by atoms with van der Waals surface area (Å²) in [6, 6.07) is 7.56. The number of anilines is 1. The molecule has 7 heteroatoms. The summed E-state index contributed by atoms with van der Waals surface area (Å²) in [5.74, 6) is -0.0551. The second-order valence-electron chi connectivity index (χ2n) is 5.16. The summed E-state index contributed by atoms with van der Waals surface area (Å²) in [7, 11) is 3.95. The first-order valence-corrected chi connectivity index (χ1v) is 7.85. The predicted octanol–water partition coefficient (Wildman–Crippen LogP) is 1.83. The molecule has 0 aliphatic carbocycles. The van der Waals surface area contributed by atoms with Gasteiger partial charge in [-0.1, -0.05) is 0 Å². The number of rotatable bonds is 5. The topological polar surface area (TPSA) is 62.5 Å². The lowest BCUT2D eigenvalue weighted by molar-refractivity contribution is 0.0954. The molecule has 3 aromatic rings. The van der Waals surface area contributed by atoms with Crippen LogP contribution in [0.5, 0.6) is 0 Å². The Morgan fingerprint density at radius 2 is 2.09 bits per heavy atom. The average molecular weight is 315 g/mol. The number of carbonyl (C=O) groups excluding carboxylic acids is 1. The Balaban J connectivity index is 1.57. The maximum Gasteiger partial charge on any atom is 0.251 e. The van der Waals surface area contributed by atoms with Gasteiger partial charge in [-0.25, -0.2) is 0 Å². The molecule has 1 N–H and O–H groups in total. The number of hydrogen-bond acceptors (Lipinski definition) is 5. The van der Waals surface area contributed by atoms with Crippen LogP contribution in [0.2, 0.25) is 0 Å². The largest absolute Gasteiger partial charge is 0.378 e. The van der Waals surface area contributed by atoms with E-state index >= 15 is 0 Å². The van der Waals surface area contributed by atoms with Crippen molar-refractivity contribution in [2.45, 2.75) is 6.42 Å². The molecule has 0 atom stereocenters. The number of amides is 1. The highest BCUT2D eigenvalue weighted by Crippen LogP contribution is 2.14. The molecule has 0 unspecified atom stereocenters. The molecule has 22 heavy (non-hydrogen) atoms. The van der Waals surface area contributed by atoms with E-state index in [1.54, 1.807) is 17.7 Å². The van der Waals surface area contributed by atoms with Crippen molar-refractivity contribution in [2.24, 2.45) is 0 Å². The van der Waals surface area contributed by atoms with Crippen LogP contribution in [0, 0.1) is 0 Å². The molecule has 0 saturated carbocycles. The molecule has 6 nitrogen and oxygen atoms in total. The van der Waals surface area contributed by atoms with Crippen molar-refractivity contribution in [3.8, 4) is 0 Å². The SMILES string of the molecule is CN(C)c1ccc(C(=O)NCCc2csc3nncn23)cc1. The van der Waals surface area contributed by atoms with E-state index in [1.807, 2.05) is 53.0 Å². The number of nitrogens with one attached hydrogen (secondary N) is 1. The number of hydrogen-bond donors (Lipinski definition) is 1. The fraction of sp³-hybridized carbons (Fsp3) is 0.267. The van der Waals surface area contributed by atoms with Gasteiger partial charge in [0.15, 0.2) is 0 Å². The normalized spacial score (nSPS) is 10.8. The quantitative estimate of drug-likeness (QED) is 0.780. The molecule has 0 aliphatic rings. The van der Waals surface area contributed by atoms with Gasteiger partial charge in [-0.3, -0.25) is 9.20 Å². The van der Waals surface area contributed by atoms with Gasteiger partial charge in [0.1, 0.15) is 6.33 Å². The highest BCUT2D eigenvalue weighted by Gasteiger charge is 2.08. The third-order valence-corrected chi connectivity index (χ3v) is 4.32. The molecule has 114 valence electrons. The third kappa shape index (κ3) is 2.94. The van der Waals surface area contributed by atoms with Crippen LogP contribution < -0.4 is 10.2 Å². The summed E-state index contributed by atoms with van der Waals surface area (Å²) in [5.41, 5.74) is 2.85. The summed E-state index contributed by atoms with van der Waals surface area (Å²) < 4.78 is 1.95. The minimum absolute atomic E-state index is 0.0551. The number of benzene rings is 1. The maximum absolute atomic E-state index is 12.1. The van der Waals surface area contributed by atoms with Crippen LogP contribution in [-0.2, 0) is 6.42 Å². The third-order valence-electron chi connectivity index (χ3n) is 3.44. The van der Waals surface area contributed by atoms with Gasteiger partial charge in [0.05, 0.1) is 0 Å². The van der Waals surface area contributed by atoms with Crippen molar-refractivity contribution in [3.63, 3.8) is 0 Å². The first-order valence-electron chi connectivity index (χ1n) is 6.97. The van der Waals surface area contributed by atoms with Crippen LogP contribution in [0.3, 0.4) is 0 Å². The van der Waals surface area contributed by atoms with Crippen molar-refractivity contribution in [2.75, 3.05) is 25.5 Å². The first-order chi connectivity index (χ1) is 10.6. The Bertz CT molecular complexity index is 775. The number of fused-ring (bicyclic) bond motifs is 1. The lowest BCUT2D eigenvalue weighted by Crippen LogP contribution is -2.26. The van der Waals surface area contributed by atoms with Crippen LogP contribution in [0.15, 0.2) is 36.0 Å². The minimum atomic E-state index is -0.0551. The Morgan fingerprint density at radius 1 is 1.32 bits per heavy atom. The van der Waals surface area contributed by atoms with E-state index in [2.05, 4.69) is 15.5 Å². The molecule has 0 saturated heterocycles. The molecule has 2 aromatic heterocycles. The maximum atomic E-state index is 12.1. The van der Waals surface area contributed by atoms with Gasteiger partial charge in [-0.2, -0.15) is 0 Å². The molecule has 0 spiro atoms. The van der Waals surface area contributed by atoms with E-state index in [0.29, 0.717) is 12.1 Å². The lowest BCUT2D eigenvalue weighted by atomic mass is 10.2. The molecular formula is C15H17N5OS. The van der Waals surface area contributed by atoms with Gasteiger partial charge in [0.25, 0.3) is 5.91 Å². The fourth-order valence-electron chi connectivity index (χ4n) is 2.18. The van der Waals surface area contributed by atoms with Crippen LogP contribution in [0.4, 0.5) is 5.69 Å². The summed E-state index contributed by atoms with van der Waals surface area (Å²) in [4.78, 5) is 15.0. The minimum Gasteiger partial charge on any atom is -0.378 e. The smallest absolute Gasteiger partial charge is 0.251 e. The molecule has 2 heterocycles. The summed E-state index contributed by atoms with van der Waals surface area (Å²) in [5, 5.41) is 12.8. The van der Waals surface area contributed by atoms with Crippen molar-refractivity contribution < 1.29 is 4.79 Å². The predicted molar refractivity (Wildman–Crippen MR) is 87.7 cm³/mol. The Hall–Kier alpha value is -2.41. The van der Waals surface area contributed by atoms with Crippen LogP contribution in [-0.4, -0.2) is 41.1 Å². The van der Waals surface area contributed by atoms with Crippen molar-refractivity contribution in [3.05, 3.63) is 47.2 Å². The highest BCUT2D eigenvalue weighted by atomic mass is 32.1. The summed E-state index contributed by atoms with van der Waals surface area (Å²) >= 11 is 1.55. The molecule has 3 rings (SSSR count). The Kier molecular flexibility index (Phi) is 4.06. The van der Waals surface area contributed by atoms with Gasteiger partial charge in [-0.15, -0.1) is 21.5 Å². The van der Waals surface area contributed by atoms with Gasteiger partial charge >= 0.3 is 0 Å². The van der Waals surface area contributed by atoms with E-state index in [-0.39, 0.29) is 5.91 Å². The lowest BCUT2D eigenvalue weighted by Gasteiger charge is -2.12. The molecule has 1 aromatic carbocycles. The average Bonchev–Trinajstić information content (AvgIpc) is 3.12. The number of thiazole rings is 1. The van der Waals surface area contributed by atoms with E-state index in [1.165, 1.54) is 0 Å². The van der Waals surface area contributed by atoms with Crippen LogP contribution in [0.25, 0.3) is 4.96 Å². The van der Waals surface area contributed by atoms with E-state index in [0.717, 1.165) is 22.8 Å². The van der Waals surface area contributed by atoms with Crippen molar-refractivity contribution >= 4 is 27.9 Å². The fourth-order valence-corrected chi connectivity index (χ4v) is 3.02. The summed E-state index contributed by atoms with van der Waals surface area (Å²) in [6.45, 7) is 0.582. The number of nitrogens with zero attached hydrogens (tertiary/aromatic N) is 4. The number of carbonyl (C=O) groups is 1. The van der Waals surface area contributed by atoms with Gasteiger partial charge in [-0.05, 0) is 24.3 Å². The molecule has 0 bridgehead atoms. The van der Waals surface area contributed by atoms with Crippen molar-refractivity contribution in [1.82, 2.24) is 19.9 Å². The molecule has 0 fully saturated rings. The molecular weight excluding hydrogens is 298 g/mol. The number of aromatic nitrogens is 3. The zero-order valence-corrected chi connectivity index (χ0v) is 13.3. The van der Waals surface area contributed by atoms with Gasteiger partial charge in [0.2, 0.25) is 4.96 Å².